The number of alkyl carbamates (subject to hydrolysis) is 1. The molecule has 0 bridgehead atoms. The number of carbonyl (C=O) groups excluding carboxylic acids is 1. The quantitative estimate of drug-likeness (QED) is 0.900. The molecule has 1 saturated heterocycles. The summed E-state index contributed by atoms with van der Waals surface area (Å²) in [5.74, 6) is 0.859. The van der Waals surface area contributed by atoms with Gasteiger partial charge in [0, 0.05) is 23.8 Å². The van der Waals surface area contributed by atoms with Crippen LogP contribution in [0.15, 0.2) is 22.8 Å². The molecular weight excluding hydrogens is 338 g/mol. The van der Waals surface area contributed by atoms with Crippen molar-refractivity contribution < 1.29 is 14.3 Å². The van der Waals surface area contributed by atoms with E-state index in [0.717, 1.165) is 10.3 Å². The molecule has 0 spiro atoms. The number of halogens is 1. The first-order valence-electron chi connectivity index (χ1n) is 6.78. The van der Waals surface area contributed by atoms with Gasteiger partial charge in [-0.25, -0.2) is 9.78 Å². The zero-order valence-corrected chi connectivity index (χ0v) is 14.0. The van der Waals surface area contributed by atoms with E-state index in [2.05, 4.69) is 26.2 Å². The van der Waals surface area contributed by atoms with Crippen molar-refractivity contribution in [3.8, 4) is 0 Å². The first-order valence-corrected chi connectivity index (χ1v) is 7.58. The standard InChI is InChI=1S/C14H20BrN3O3/c1-14(2,3)21-13(19)17-7-11-8-18(9-20-11)12-5-4-10(15)6-16-12/h4-6,11H,7-9H2,1-3H3,(H,17,19)/t11-/m0/s1. The number of carbonyl (C=O) groups is 1. The molecular formula is C14H20BrN3O3. The molecule has 1 aliphatic rings. The first kappa shape index (κ1) is 16.0. The second-order valence-corrected chi connectivity index (χ2v) is 6.77. The Balaban J connectivity index is 1.78. The van der Waals surface area contributed by atoms with Crippen molar-refractivity contribution in [1.82, 2.24) is 10.3 Å². The molecule has 0 aromatic carbocycles. The molecule has 21 heavy (non-hydrogen) atoms. The summed E-state index contributed by atoms with van der Waals surface area (Å²) in [7, 11) is 0. The second-order valence-electron chi connectivity index (χ2n) is 5.86. The molecule has 1 aromatic rings. The highest BCUT2D eigenvalue weighted by Crippen LogP contribution is 2.19. The van der Waals surface area contributed by atoms with E-state index in [1.165, 1.54) is 0 Å². The van der Waals surface area contributed by atoms with Gasteiger partial charge in [0.15, 0.2) is 0 Å². The highest BCUT2D eigenvalue weighted by Gasteiger charge is 2.25. The number of nitrogens with one attached hydrogen (secondary N) is 1. The van der Waals surface area contributed by atoms with Gasteiger partial charge in [0.25, 0.3) is 0 Å². The third kappa shape index (κ3) is 5.17. The van der Waals surface area contributed by atoms with Gasteiger partial charge in [-0.05, 0) is 48.8 Å². The highest BCUT2D eigenvalue weighted by molar-refractivity contribution is 9.10. The minimum absolute atomic E-state index is 0.0667. The van der Waals surface area contributed by atoms with E-state index in [0.29, 0.717) is 19.8 Å². The van der Waals surface area contributed by atoms with Gasteiger partial charge >= 0.3 is 6.09 Å². The van der Waals surface area contributed by atoms with Crippen LogP contribution in [0.25, 0.3) is 0 Å². The van der Waals surface area contributed by atoms with Crippen LogP contribution in [0.3, 0.4) is 0 Å². The fraction of sp³-hybridized carbons (Fsp3) is 0.571. The van der Waals surface area contributed by atoms with Crippen molar-refractivity contribution in [3.05, 3.63) is 22.8 Å². The maximum atomic E-state index is 11.6. The minimum atomic E-state index is -0.492. The molecule has 116 valence electrons. The zero-order valence-electron chi connectivity index (χ0n) is 12.4. The largest absolute Gasteiger partial charge is 0.444 e. The highest BCUT2D eigenvalue weighted by atomic mass is 79.9. The molecule has 6 nitrogen and oxygen atoms in total. The van der Waals surface area contributed by atoms with Crippen molar-refractivity contribution >= 4 is 27.8 Å². The van der Waals surface area contributed by atoms with Gasteiger partial charge in [-0.1, -0.05) is 0 Å². The Bertz CT molecular complexity index is 487. The van der Waals surface area contributed by atoms with Gasteiger partial charge in [0.2, 0.25) is 0 Å². The van der Waals surface area contributed by atoms with Crippen molar-refractivity contribution in [3.63, 3.8) is 0 Å². The number of hydrogen-bond donors (Lipinski definition) is 1. The lowest BCUT2D eigenvalue weighted by Crippen LogP contribution is -2.38. The molecule has 1 amide bonds. The van der Waals surface area contributed by atoms with Crippen molar-refractivity contribution in [2.45, 2.75) is 32.5 Å². The number of pyridine rings is 1. The molecule has 1 fully saturated rings. The Hall–Kier alpha value is -1.34. The summed E-state index contributed by atoms with van der Waals surface area (Å²) in [6.07, 6.45) is 1.26. The van der Waals surface area contributed by atoms with Gasteiger partial charge in [-0.15, -0.1) is 0 Å². The number of amides is 1. The van der Waals surface area contributed by atoms with E-state index in [9.17, 15) is 4.79 Å². The predicted molar refractivity (Wildman–Crippen MR) is 83.3 cm³/mol. The van der Waals surface area contributed by atoms with E-state index >= 15 is 0 Å². The van der Waals surface area contributed by atoms with Crippen molar-refractivity contribution in [2.75, 3.05) is 24.7 Å². The summed E-state index contributed by atoms with van der Waals surface area (Å²) in [6, 6.07) is 3.87. The Morgan fingerprint density at radius 1 is 1.57 bits per heavy atom. The molecule has 1 atom stereocenters. The van der Waals surface area contributed by atoms with Crippen molar-refractivity contribution in [1.29, 1.82) is 0 Å². The predicted octanol–water partition coefficient (Wildman–Crippen LogP) is 2.53. The number of anilines is 1. The number of rotatable bonds is 3. The van der Waals surface area contributed by atoms with E-state index < -0.39 is 11.7 Å². The van der Waals surface area contributed by atoms with Crippen LogP contribution in [0.2, 0.25) is 0 Å². The third-order valence-electron chi connectivity index (χ3n) is 2.80. The van der Waals surface area contributed by atoms with Crippen LogP contribution in [-0.2, 0) is 9.47 Å². The molecule has 0 unspecified atom stereocenters. The van der Waals surface area contributed by atoms with E-state index in [-0.39, 0.29) is 6.10 Å². The molecule has 2 heterocycles. The molecule has 1 aliphatic heterocycles. The summed E-state index contributed by atoms with van der Waals surface area (Å²) in [4.78, 5) is 17.9. The SMILES string of the molecule is CC(C)(C)OC(=O)NC[C@H]1CN(c2ccc(Br)cn2)CO1. The summed E-state index contributed by atoms with van der Waals surface area (Å²) >= 11 is 3.36. The first-order chi connectivity index (χ1) is 9.83. The van der Waals surface area contributed by atoms with E-state index in [1.54, 1.807) is 6.20 Å². The van der Waals surface area contributed by atoms with Crippen LogP contribution >= 0.6 is 15.9 Å². The summed E-state index contributed by atoms with van der Waals surface area (Å²) < 4.78 is 11.8. The van der Waals surface area contributed by atoms with E-state index in [1.807, 2.05) is 37.8 Å². The van der Waals surface area contributed by atoms with E-state index in [4.69, 9.17) is 9.47 Å². The van der Waals surface area contributed by atoms with Gasteiger partial charge < -0.3 is 19.7 Å². The second kappa shape index (κ2) is 6.62. The third-order valence-corrected chi connectivity index (χ3v) is 3.27. The Morgan fingerprint density at radius 2 is 2.33 bits per heavy atom. The van der Waals surface area contributed by atoms with Gasteiger partial charge in [-0.2, -0.15) is 0 Å². The molecule has 1 aromatic heterocycles. The van der Waals surface area contributed by atoms with Gasteiger partial charge in [-0.3, -0.25) is 0 Å². The lowest BCUT2D eigenvalue weighted by Gasteiger charge is -2.20. The summed E-state index contributed by atoms with van der Waals surface area (Å²) in [6.45, 7) is 7.07. The fourth-order valence-corrected chi connectivity index (χ4v) is 2.13. The Labute approximate surface area is 132 Å². The molecule has 0 saturated carbocycles. The lowest BCUT2D eigenvalue weighted by atomic mass is 10.2. The minimum Gasteiger partial charge on any atom is -0.444 e. The Kier molecular flexibility index (Phi) is 5.05. The van der Waals surface area contributed by atoms with Crippen LogP contribution in [-0.4, -0.2) is 42.6 Å². The Morgan fingerprint density at radius 3 is 2.95 bits per heavy atom. The topological polar surface area (TPSA) is 63.7 Å². The van der Waals surface area contributed by atoms with Crippen LogP contribution in [0.1, 0.15) is 20.8 Å². The molecule has 1 N–H and O–H groups in total. The molecule has 0 aliphatic carbocycles. The maximum absolute atomic E-state index is 11.6. The van der Waals surface area contributed by atoms with Crippen LogP contribution < -0.4 is 10.2 Å². The monoisotopic (exact) mass is 357 g/mol. The molecule has 7 heteroatoms. The number of ether oxygens (including phenoxy) is 2. The summed E-state index contributed by atoms with van der Waals surface area (Å²) in [5.41, 5.74) is -0.492. The van der Waals surface area contributed by atoms with Gasteiger partial charge in [0.1, 0.15) is 18.1 Å². The number of hydrogen-bond acceptors (Lipinski definition) is 5. The van der Waals surface area contributed by atoms with Crippen LogP contribution in [0, 0.1) is 0 Å². The fourth-order valence-electron chi connectivity index (χ4n) is 1.90. The average Bonchev–Trinajstić information content (AvgIpc) is 2.84. The zero-order chi connectivity index (χ0) is 15.5. The normalized spacial score (nSPS) is 18.7. The number of nitrogens with zero attached hydrogens (tertiary/aromatic N) is 2. The van der Waals surface area contributed by atoms with Crippen LogP contribution in [0.4, 0.5) is 10.6 Å². The average molecular weight is 358 g/mol. The van der Waals surface area contributed by atoms with Gasteiger partial charge in [0.05, 0.1) is 6.10 Å². The summed E-state index contributed by atoms with van der Waals surface area (Å²) in [5, 5.41) is 2.72. The number of aromatic nitrogens is 1. The molecule has 2 rings (SSSR count). The van der Waals surface area contributed by atoms with Crippen molar-refractivity contribution in [2.24, 2.45) is 0 Å². The maximum Gasteiger partial charge on any atom is 0.407 e. The smallest absolute Gasteiger partial charge is 0.407 e. The molecule has 0 radical (unpaired) electrons. The van der Waals surface area contributed by atoms with Crippen LogP contribution in [0.5, 0.6) is 0 Å². The lowest BCUT2D eigenvalue weighted by molar-refractivity contribution is 0.0475.